The number of hydrogen-bond acceptors (Lipinski definition) is 3. The van der Waals surface area contributed by atoms with E-state index in [0.29, 0.717) is 22.0 Å². The molecular weight excluding hydrogens is 333 g/mol. The van der Waals surface area contributed by atoms with Crippen LogP contribution in [-0.2, 0) is 0 Å². The molecule has 0 spiro atoms. The van der Waals surface area contributed by atoms with Gasteiger partial charge in [-0.1, -0.05) is 29.8 Å². The Bertz CT molecular complexity index is 895. The van der Waals surface area contributed by atoms with Gasteiger partial charge < -0.3 is 10.1 Å². The van der Waals surface area contributed by atoms with Crippen LogP contribution in [0.1, 0.15) is 10.5 Å². The van der Waals surface area contributed by atoms with E-state index in [0.717, 1.165) is 0 Å². The summed E-state index contributed by atoms with van der Waals surface area (Å²) in [6.45, 7) is 0. The molecule has 2 aromatic carbocycles. The second-order valence-electron chi connectivity index (χ2n) is 4.95. The quantitative estimate of drug-likeness (QED) is 0.747. The zero-order chi connectivity index (χ0) is 17.1. The Morgan fingerprint density at radius 2 is 2.04 bits per heavy atom. The van der Waals surface area contributed by atoms with Gasteiger partial charge in [-0.15, -0.1) is 0 Å². The molecule has 7 heteroatoms. The monoisotopic (exact) mass is 345 g/mol. The number of aromatic nitrogens is 2. The molecule has 0 fully saturated rings. The lowest BCUT2D eigenvalue weighted by Crippen LogP contribution is -2.13. The summed E-state index contributed by atoms with van der Waals surface area (Å²) >= 11 is 6.12. The molecule has 3 aromatic rings. The molecule has 24 heavy (non-hydrogen) atoms. The highest BCUT2D eigenvalue weighted by molar-refractivity contribution is 6.33. The number of benzene rings is 2. The maximum atomic E-state index is 13.4. The Morgan fingerprint density at radius 1 is 1.25 bits per heavy atom. The molecular formula is C17H13ClFN3O2. The number of anilines is 1. The summed E-state index contributed by atoms with van der Waals surface area (Å²) in [6.07, 6.45) is 0. The molecule has 0 aliphatic heterocycles. The Kier molecular flexibility index (Phi) is 4.48. The van der Waals surface area contributed by atoms with Gasteiger partial charge in [-0.25, -0.2) is 4.39 Å². The van der Waals surface area contributed by atoms with Crippen LogP contribution in [0, 0.1) is 5.82 Å². The number of rotatable bonds is 4. The van der Waals surface area contributed by atoms with E-state index in [1.807, 2.05) is 12.1 Å². The third-order valence-electron chi connectivity index (χ3n) is 3.38. The standard InChI is InChI=1S/C17H13ClFN3O2/c1-24-16-7-6-10(19)8-14(16)20-17(23)15-9-13(21-22-15)11-4-2-3-5-12(11)18/h2-9H,1H3,(H,20,23)(H,21,22). The van der Waals surface area contributed by atoms with Crippen molar-refractivity contribution in [3.8, 4) is 17.0 Å². The molecule has 0 unspecified atom stereocenters. The highest BCUT2D eigenvalue weighted by Crippen LogP contribution is 2.28. The average molecular weight is 346 g/mol. The second-order valence-corrected chi connectivity index (χ2v) is 5.35. The normalized spacial score (nSPS) is 10.5. The molecule has 5 nitrogen and oxygen atoms in total. The molecule has 0 saturated heterocycles. The van der Waals surface area contributed by atoms with Crippen LogP contribution in [-0.4, -0.2) is 23.2 Å². The summed E-state index contributed by atoms with van der Waals surface area (Å²) in [5, 5.41) is 9.86. The second kappa shape index (κ2) is 6.72. The maximum Gasteiger partial charge on any atom is 0.273 e. The zero-order valence-corrected chi connectivity index (χ0v) is 13.4. The predicted molar refractivity (Wildman–Crippen MR) is 89.9 cm³/mol. The summed E-state index contributed by atoms with van der Waals surface area (Å²) in [7, 11) is 1.44. The summed E-state index contributed by atoms with van der Waals surface area (Å²) in [4.78, 5) is 12.3. The van der Waals surface area contributed by atoms with Crippen LogP contribution >= 0.6 is 11.6 Å². The zero-order valence-electron chi connectivity index (χ0n) is 12.6. The SMILES string of the molecule is COc1ccc(F)cc1NC(=O)c1cc(-c2ccccc2Cl)n[nH]1. The van der Waals surface area contributed by atoms with Gasteiger partial charge in [0.25, 0.3) is 5.91 Å². The first-order valence-electron chi connectivity index (χ1n) is 7.03. The minimum atomic E-state index is -0.479. The van der Waals surface area contributed by atoms with Crippen LogP contribution in [0.15, 0.2) is 48.5 Å². The van der Waals surface area contributed by atoms with E-state index in [-0.39, 0.29) is 11.4 Å². The minimum Gasteiger partial charge on any atom is -0.495 e. The topological polar surface area (TPSA) is 67.0 Å². The van der Waals surface area contributed by atoms with Gasteiger partial charge in [0, 0.05) is 11.6 Å². The summed E-state index contributed by atoms with van der Waals surface area (Å²) < 4.78 is 18.5. The van der Waals surface area contributed by atoms with Crippen LogP contribution in [0.5, 0.6) is 5.75 Å². The van der Waals surface area contributed by atoms with Crippen molar-refractivity contribution in [2.45, 2.75) is 0 Å². The Hall–Kier alpha value is -2.86. The fourth-order valence-corrected chi connectivity index (χ4v) is 2.45. The number of aromatic amines is 1. The van der Waals surface area contributed by atoms with Gasteiger partial charge in [-0.2, -0.15) is 5.10 Å². The van der Waals surface area contributed by atoms with E-state index in [4.69, 9.17) is 16.3 Å². The van der Waals surface area contributed by atoms with Crippen molar-refractivity contribution in [2.24, 2.45) is 0 Å². The van der Waals surface area contributed by atoms with Crippen LogP contribution in [0.25, 0.3) is 11.3 Å². The molecule has 1 aromatic heterocycles. The summed E-state index contributed by atoms with van der Waals surface area (Å²) in [6, 6.07) is 12.6. The Morgan fingerprint density at radius 3 is 2.79 bits per heavy atom. The first kappa shape index (κ1) is 16.0. The number of halogens is 2. The fourth-order valence-electron chi connectivity index (χ4n) is 2.21. The van der Waals surface area contributed by atoms with Crippen LogP contribution in [0.4, 0.5) is 10.1 Å². The fraction of sp³-hybridized carbons (Fsp3) is 0.0588. The van der Waals surface area contributed by atoms with Crippen molar-refractivity contribution in [3.05, 3.63) is 65.1 Å². The van der Waals surface area contributed by atoms with Gasteiger partial charge in [0.2, 0.25) is 0 Å². The molecule has 0 radical (unpaired) electrons. The third kappa shape index (κ3) is 3.23. The number of carbonyl (C=O) groups excluding carboxylic acids is 1. The molecule has 122 valence electrons. The van der Waals surface area contributed by atoms with E-state index in [2.05, 4.69) is 15.5 Å². The van der Waals surface area contributed by atoms with Gasteiger partial charge in [-0.05, 0) is 24.3 Å². The van der Waals surface area contributed by atoms with Gasteiger partial charge in [-0.3, -0.25) is 9.89 Å². The average Bonchev–Trinajstić information content (AvgIpc) is 3.05. The van der Waals surface area contributed by atoms with Crippen molar-refractivity contribution >= 4 is 23.2 Å². The van der Waals surface area contributed by atoms with Crippen LogP contribution in [0.3, 0.4) is 0 Å². The van der Waals surface area contributed by atoms with Crippen molar-refractivity contribution in [2.75, 3.05) is 12.4 Å². The summed E-state index contributed by atoms with van der Waals surface area (Å²) in [5.41, 5.74) is 1.70. The number of amides is 1. The summed E-state index contributed by atoms with van der Waals surface area (Å²) in [5.74, 6) is -0.590. The number of methoxy groups -OCH3 is 1. The minimum absolute atomic E-state index is 0.219. The maximum absolute atomic E-state index is 13.4. The van der Waals surface area contributed by atoms with Crippen molar-refractivity contribution in [1.29, 1.82) is 0 Å². The van der Waals surface area contributed by atoms with Gasteiger partial charge in [0.15, 0.2) is 0 Å². The lowest BCUT2D eigenvalue weighted by Gasteiger charge is -2.09. The van der Waals surface area contributed by atoms with Crippen molar-refractivity contribution < 1.29 is 13.9 Å². The first-order chi connectivity index (χ1) is 11.6. The molecule has 1 heterocycles. The predicted octanol–water partition coefficient (Wildman–Crippen LogP) is 4.13. The number of hydrogen-bond donors (Lipinski definition) is 2. The lowest BCUT2D eigenvalue weighted by atomic mass is 10.1. The van der Waals surface area contributed by atoms with Crippen molar-refractivity contribution in [3.63, 3.8) is 0 Å². The van der Waals surface area contributed by atoms with E-state index in [1.54, 1.807) is 18.2 Å². The van der Waals surface area contributed by atoms with E-state index >= 15 is 0 Å². The van der Waals surface area contributed by atoms with E-state index in [9.17, 15) is 9.18 Å². The molecule has 3 rings (SSSR count). The molecule has 0 atom stereocenters. The third-order valence-corrected chi connectivity index (χ3v) is 3.71. The molecule has 0 aliphatic carbocycles. The molecule has 0 aliphatic rings. The molecule has 2 N–H and O–H groups in total. The number of carbonyl (C=O) groups is 1. The smallest absolute Gasteiger partial charge is 0.273 e. The highest BCUT2D eigenvalue weighted by Gasteiger charge is 2.15. The largest absolute Gasteiger partial charge is 0.495 e. The number of H-pyrrole nitrogens is 1. The first-order valence-corrected chi connectivity index (χ1v) is 7.41. The number of ether oxygens (including phenoxy) is 1. The Balaban J connectivity index is 1.85. The lowest BCUT2D eigenvalue weighted by molar-refractivity contribution is 0.102. The number of nitrogens with zero attached hydrogens (tertiary/aromatic N) is 1. The van der Waals surface area contributed by atoms with Gasteiger partial charge in [0.1, 0.15) is 17.3 Å². The van der Waals surface area contributed by atoms with E-state index < -0.39 is 11.7 Å². The van der Waals surface area contributed by atoms with Crippen LogP contribution in [0.2, 0.25) is 5.02 Å². The molecule has 0 saturated carbocycles. The van der Waals surface area contributed by atoms with Gasteiger partial charge >= 0.3 is 0 Å². The van der Waals surface area contributed by atoms with E-state index in [1.165, 1.54) is 25.3 Å². The number of nitrogens with one attached hydrogen (secondary N) is 2. The Labute approximate surface area is 142 Å². The molecule has 1 amide bonds. The highest BCUT2D eigenvalue weighted by atomic mass is 35.5. The molecule has 0 bridgehead atoms. The van der Waals surface area contributed by atoms with Crippen molar-refractivity contribution in [1.82, 2.24) is 10.2 Å². The van der Waals surface area contributed by atoms with Crippen LogP contribution < -0.4 is 10.1 Å². The van der Waals surface area contributed by atoms with Gasteiger partial charge in [0.05, 0.1) is 23.5 Å².